The Morgan fingerprint density at radius 2 is 1.27 bits per heavy atom. The number of carbonyl (C=O) groups excluding carboxylic acids is 2. The fraction of sp³-hybridized carbons (Fsp3) is 0.240. The normalized spacial score (nSPS) is 10.9. The maximum Gasteiger partial charge on any atom is 0.253 e. The lowest BCUT2D eigenvalue weighted by Crippen LogP contribution is -2.26. The fourth-order valence-electron chi connectivity index (χ4n) is 3.80. The number of amides is 1. The van der Waals surface area contributed by atoms with Gasteiger partial charge in [-0.3, -0.25) is 14.6 Å². The van der Waals surface area contributed by atoms with Crippen LogP contribution in [0, 0.1) is 34.6 Å². The van der Waals surface area contributed by atoms with Crippen molar-refractivity contribution in [1.29, 1.82) is 0 Å². The Hall–Kier alpha value is -2.11. The standard InChI is InChI=1S/C25H22Cl4N2O2/c1-11-12(2)14(4)17(15(5)13(11)3)24(32)18-19(21(27)23(29)22(28)20(18)26)25(33)31-10-16-7-6-8-30-9-16/h6-9H,10H2,1-5H3,(H,31,33). The largest absolute Gasteiger partial charge is 0.348 e. The summed E-state index contributed by atoms with van der Waals surface area (Å²) in [4.78, 5) is 31.2. The first-order valence-corrected chi connectivity index (χ1v) is 11.6. The average Bonchev–Trinajstić information content (AvgIpc) is 2.81. The molecular formula is C25H22Cl4N2O2. The van der Waals surface area contributed by atoms with Crippen molar-refractivity contribution in [1.82, 2.24) is 10.3 Å². The molecule has 0 saturated heterocycles. The highest BCUT2D eigenvalue weighted by Gasteiger charge is 2.31. The minimum absolute atomic E-state index is 0.0754. The fourth-order valence-corrected chi connectivity index (χ4v) is 4.82. The molecule has 172 valence electrons. The number of aromatic nitrogens is 1. The van der Waals surface area contributed by atoms with E-state index < -0.39 is 11.7 Å². The number of ketones is 1. The van der Waals surface area contributed by atoms with Crippen molar-refractivity contribution in [3.63, 3.8) is 0 Å². The molecule has 1 amide bonds. The topological polar surface area (TPSA) is 59.1 Å². The Kier molecular flexibility index (Phi) is 7.75. The van der Waals surface area contributed by atoms with Crippen LogP contribution in [0.5, 0.6) is 0 Å². The Bertz CT molecular complexity index is 1260. The van der Waals surface area contributed by atoms with Crippen LogP contribution >= 0.6 is 46.4 Å². The van der Waals surface area contributed by atoms with Gasteiger partial charge in [0.05, 0.1) is 31.2 Å². The molecule has 1 N–H and O–H groups in total. The van der Waals surface area contributed by atoms with E-state index in [4.69, 9.17) is 46.4 Å². The number of nitrogens with zero attached hydrogens (tertiary/aromatic N) is 1. The highest BCUT2D eigenvalue weighted by molar-refractivity contribution is 6.54. The summed E-state index contributed by atoms with van der Waals surface area (Å²) < 4.78 is 0. The molecule has 0 spiro atoms. The van der Waals surface area contributed by atoms with Crippen molar-refractivity contribution in [2.45, 2.75) is 41.2 Å². The van der Waals surface area contributed by atoms with Crippen LogP contribution in [0.4, 0.5) is 0 Å². The third-order valence-electron chi connectivity index (χ3n) is 6.12. The quantitative estimate of drug-likeness (QED) is 0.215. The molecule has 0 aliphatic rings. The lowest BCUT2D eigenvalue weighted by molar-refractivity contribution is 0.0939. The van der Waals surface area contributed by atoms with Crippen LogP contribution in [0.1, 0.15) is 59.7 Å². The zero-order valence-electron chi connectivity index (χ0n) is 18.8. The number of pyridine rings is 1. The monoisotopic (exact) mass is 522 g/mol. The molecule has 33 heavy (non-hydrogen) atoms. The van der Waals surface area contributed by atoms with E-state index in [-0.39, 0.29) is 37.8 Å². The molecule has 3 aromatic rings. The summed E-state index contributed by atoms with van der Waals surface area (Å²) >= 11 is 25.5. The predicted octanol–water partition coefficient (Wildman–Crippen LogP) is 7.40. The highest BCUT2D eigenvalue weighted by atomic mass is 35.5. The number of rotatable bonds is 5. The number of halogens is 4. The Morgan fingerprint density at radius 1 is 0.758 bits per heavy atom. The van der Waals surface area contributed by atoms with Crippen LogP contribution in [0.15, 0.2) is 24.5 Å². The summed E-state index contributed by atoms with van der Waals surface area (Å²) in [6.45, 7) is 9.85. The molecule has 4 nitrogen and oxygen atoms in total. The first-order chi connectivity index (χ1) is 15.5. The van der Waals surface area contributed by atoms with Crippen molar-refractivity contribution >= 4 is 58.1 Å². The molecule has 0 atom stereocenters. The number of hydrogen-bond donors (Lipinski definition) is 1. The minimum atomic E-state index is -0.594. The summed E-state index contributed by atoms with van der Waals surface area (Å²) in [5, 5.41) is 2.35. The third kappa shape index (κ3) is 4.63. The van der Waals surface area contributed by atoms with Crippen molar-refractivity contribution < 1.29 is 9.59 Å². The first-order valence-electron chi connectivity index (χ1n) is 10.1. The SMILES string of the molecule is Cc1c(C)c(C)c(C(=O)c2c(Cl)c(Cl)c(Cl)c(Cl)c2C(=O)NCc2cccnc2)c(C)c1C. The van der Waals surface area contributed by atoms with Crippen LogP contribution in [-0.2, 0) is 6.54 Å². The van der Waals surface area contributed by atoms with Gasteiger partial charge in [-0.15, -0.1) is 0 Å². The van der Waals surface area contributed by atoms with Crippen LogP contribution < -0.4 is 5.32 Å². The lowest BCUT2D eigenvalue weighted by atomic mass is 9.85. The predicted molar refractivity (Wildman–Crippen MR) is 135 cm³/mol. The minimum Gasteiger partial charge on any atom is -0.348 e. The van der Waals surface area contributed by atoms with Crippen LogP contribution in [0.3, 0.4) is 0 Å². The summed E-state index contributed by atoms with van der Waals surface area (Å²) in [5.41, 5.74) is 5.76. The average molecular weight is 524 g/mol. The first kappa shape index (κ1) is 25.5. The Labute approximate surface area is 213 Å². The van der Waals surface area contributed by atoms with E-state index in [2.05, 4.69) is 10.3 Å². The Balaban J connectivity index is 2.20. The maximum absolute atomic E-state index is 13.9. The van der Waals surface area contributed by atoms with Crippen molar-refractivity contribution in [2.75, 3.05) is 0 Å². The molecule has 0 aliphatic heterocycles. The zero-order valence-corrected chi connectivity index (χ0v) is 21.8. The summed E-state index contributed by atoms with van der Waals surface area (Å²) in [7, 11) is 0. The van der Waals surface area contributed by atoms with Crippen LogP contribution in [0.25, 0.3) is 0 Å². The number of carbonyl (C=O) groups is 2. The van der Waals surface area contributed by atoms with Gasteiger partial charge in [0.1, 0.15) is 0 Å². The summed E-state index contributed by atoms with van der Waals surface area (Å²) in [6.07, 6.45) is 3.26. The van der Waals surface area contributed by atoms with Crippen molar-refractivity contribution in [3.05, 3.63) is 94.7 Å². The highest BCUT2D eigenvalue weighted by Crippen LogP contribution is 2.43. The van der Waals surface area contributed by atoms with Crippen LogP contribution in [-0.4, -0.2) is 16.7 Å². The van der Waals surface area contributed by atoms with Gasteiger partial charge >= 0.3 is 0 Å². The van der Waals surface area contributed by atoms with E-state index in [0.29, 0.717) is 5.56 Å². The van der Waals surface area contributed by atoms with E-state index in [0.717, 1.165) is 33.4 Å². The molecule has 3 rings (SSSR count). The molecule has 8 heteroatoms. The van der Waals surface area contributed by atoms with E-state index in [1.54, 1.807) is 18.5 Å². The molecule has 0 fully saturated rings. The smallest absolute Gasteiger partial charge is 0.253 e. The van der Waals surface area contributed by atoms with Gasteiger partial charge in [0.2, 0.25) is 0 Å². The van der Waals surface area contributed by atoms with Gasteiger partial charge in [-0.05, 0) is 74.1 Å². The number of benzene rings is 2. The molecular weight excluding hydrogens is 502 g/mol. The van der Waals surface area contributed by atoms with E-state index >= 15 is 0 Å². The molecule has 1 aromatic heterocycles. The molecule has 0 saturated carbocycles. The zero-order chi connectivity index (χ0) is 24.6. The second-order valence-electron chi connectivity index (χ2n) is 7.88. The molecule has 0 bridgehead atoms. The van der Waals surface area contributed by atoms with E-state index in [9.17, 15) is 9.59 Å². The van der Waals surface area contributed by atoms with Gasteiger partial charge in [-0.1, -0.05) is 52.5 Å². The van der Waals surface area contributed by atoms with Gasteiger partial charge in [0, 0.05) is 24.5 Å². The maximum atomic E-state index is 13.9. The van der Waals surface area contributed by atoms with Crippen molar-refractivity contribution in [2.24, 2.45) is 0 Å². The molecule has 0 radical (unpaired) electrons. The van der Waals surface area contributed by atoms with Gasteiger partial charge in [0.15, 0.2) is 5.78 Å². The summed E-state index contributed by atoms with van der Waals surface area (Å²) in [6, 6.07) is 3.57. The molecule has 1 heterocycles. The Morgan fingerprint density at radius 3 is 1.79 bits per heavy atom. The number of nitrogens with one attached hydrogen (secondary N) is 1. The van der Waals surface area contributed by atoms with Gasteiger partial charge in [-0.25, -0.2) is 0 Å². The van der Waals surface area contributed by atoms with Crippen molar-refractivity contribution in [3.8, 4) is 0 Å². The van der Waals surface area contributed by atoms with Gasteiger partial charge in [0.25, 0.3) is 5.91 Å². The lowest BCUT2D eigenvalue weighted by Gasteiger charge is -2.21. The van der Waals surface area contributed by atoms with E-state index in [1.165, 1.54) is 0 Å². The summed E-state index contributed by atoms with van der Waals surface area (Å²) in [5.74, 6) is -1.03. The molecule has 2 aromatic carbocycles. The third-order valence-corrected chi connectivity index (χ3v) is 7.93. The number of hydrogen-bond acceptors (Lipinski definition) is 3. The van der Waals surface area contributed by atoms with Crippen LogP contribution in [0.2, 0.25) is 20.1 Å². The van der Waals surface area contributed by atoms with Gasteiger partial charge < -0.3 is 5.32 Å². The molecule has 0 unspecified atom stereocenters. The van der Waals surface area contributed by atoms with E-state index in [1.807, 2.05) is 40.7 Å². The second-order valence-corrected chi connectivity index (χ2v) is 9.39. The second kappa shape index (κ2) is 10.0. The molecule has 0 aliphatic carbocycles. The van der Waals surface area contributed by atoms with Gasteiger partial charge in [-0.2, -0.15) is 0 Å².